The topological polar surface area (TPSA) is 18.5 Å². The van der Waals surface area contributed by atoms with E-state index < -0.39 is 0 Å². The largest absolute Gasteiger partial charge is 0.379 e. The molecule has 0 aromatic carbocycles. The number of allylic oxidation sites excluding steroid dienone is 1. The molecule has 0 spiro atoms. The lowest BCUT2D eigenvalue weighted by Crippen LogP contribution is -2.05. The van der Waals surface area contributed by atoms with Crippen molar-refractivity contribution in [3.63, 3.8) is 0 Å². The summed E-state index contributed by atoms with van der Waals surface area (Å²) in [4.78, 5) is 0. The molecule has 0 radical (unpaired) electrons. The van der Waals surface area contributed by atoms with Crippen molar-refractivity contribution in [2.24, 2.45) is 0 Å². The number of halogens is 1. The molecule has 0 rings (SSSR count). The predicted octanol–water partition coefficient (Wildman–Crippen LogP) is 2.61. The maximum atomic E-state index is 5.43. The number of hydrogen-bond donors (Lipinski definition) is 0. The average Bonchev–Trinajstić information content (AvgIpc) is 2.16. The Kier molecular flexibility index (Phi) is 11.9. The molecule has 0 unspecified atom stereocenters. The minimum Gasteiger partial charge on any atom is -0.379 e. The van der Waals surface area contributed by atoms with Gasteiger partial charge in [-0.25, -0.2) is 0 Å². The number of ether oxygens (including phenoxy) is 2. The van der Waals surface area contributed by atoms with Crippen LogP contribution in [0.3, 0.4) is 0 Å². The summed E-state index contributed by atoms with van der Waals surface area (Å²) in [7, 11) is 0. The van der Waals surface area contributed by atoms with Gasteiger partial charge < -0.3 is 9.47 Å². The fraction of sp³-hybridized carbons (Fsp3) is 0.800. The summed E-state index contributed by atoms with van der Waals surface area (Å²) in [5.74, 6) is 0.552. The molecule has 0 aromatic heterocycles. The standard InChI is InChI=1S/C10H19ClO2/c1-2-3-7-12-9-10-13-8-5-4-6-11/h4-5H,2-3,6-10H2,1H3. The highest BCUT2D eigenvalue weighted by atomic mass is 35.5. The summed E-state index contributed by atoms with van der Waals surface area (Å²) in [6, 6.07) is 0. The van der Waals surface area contributed by atoms with Gasteiger partial charge in [-0.3, -0.25) is 0 Å². The Labute approximate surface area is 85.9 Å². The molecule has 0 aliphatic heterocycles. The Bertz CT molecular complexity index is 115. The molecule has 0 N–H and O–H groups in total. The first kappa shape index (κ1) is 12.9. The first-order chi connectivity index (χ1) is 6.41. The Balaban J connectivity index is 2.87. The molecule has 0 bridgehead atoms. The molecular weight excluding hydrogens is 188 g/mol. The van der Waals surface area contributed by atoms with Crippen molar-refractivity contribution < 1.29 is 9.47 Å². The van der Waals surface area contributed by atoms with Crippen LogP contribution >= 0.6 is 11.6 Å². The lowest BCUT2D eigenvalue weighted by molar-refractivity contribution is 0.0572. The highest BCUT2D eigenvalue weighted by Crippen LogP contribution is 1.88. The molecule has 2 nitrogen and oxygen atoms in total. The van der Waals surface area contributed by atoms with Gasteiger partial charge in [-0.15, -0.1) is 11.6 Å². The van der Waals surface area contributed by atoms with E-state index in [0.29, 0.717) is 25.7 Å². The van der Waals surface area contributed by atoms with Crippen molar-refractivity contribution >= 4 is 11.6 Å². The van der Waals surface area contributed by atoms with Crippen LogP contribution in [0.5, 0.6) is 0 Å². The minimum atomic E-state index is 0.552. The van der Waals surface area contributed by atoms with Crippen LogP contribution in [0.1, 0.15) is 19.8 Å². The molecule has 0 aliphatic carbocycles. The van der Waals surface area contributed by atoms with Crippen molar-refractivity contribution in [1.29, 1.82) is 0 Å². The fourth-order valence-electron chi connectivity index (χ4n) is 0.749. The zero-order valence-electron chi connectivity index (χ0n) is 8.30. The Morgan fingerprint density at radius 3 is 2.54 bits per heavy atom. The van der Waals surface area contributed by atoms with Crippen molar-refractivity contribution in [3.05, 3.63) is 12.2 Å². The maximum absolute atomic E-state index is 5.43. The smallest absolute Gasteiger partial charge is 0.0704 e. The van der Waals surface area contributed by atoms with Gasteiger partial charge in [0.25, 0.3) is 0 Å². The minimum absolute atomic E-state index is 0.552. The SMILES string of the molecule is CCCCOCCOCC=CCCl. The third-order valence-electron chi connectivity index (χ3n) is 1.48. The number of rotatable bonds is 9. The van der Waals surface area contributed by atoms with E-state index in [0.717, 1.165) is 13.0 Å². The van der Waals surface area contributed by atoms with E-state index in [2.05, 4.69) is 6.92 Å². The van der Waals surface area contributed by atoms with Crippen LogP contribution in [0.2, 0.25) is 0 Å². The lowest BCUT2D eigenvalue weighted by atomic mass is 10.4. The van der Waals surface area contributed by atoms with Gasteiger partial charge in [0.2, 0.25) is 0 Å². The van der Waals surface area contributed by atoms with E-state index >= 15 is 0 Å². The molecule has 13 heavy (non-hydrogen) atoms. The maximum Gasteiger partial charge on any atom is 0.0704 e. The normalized spacial score (nSPS) is 11.2. The third kappa shape index (κ3) is 12.0. The van der Waals surface area contributed by atoms with E-state index in [-0.39, 0.29) is 0 Å². The van der Waals surface area contributed by atoms with Crippen LogP contribution in [0.4, 0.5) is 0 Å². The number of hydrogen-bond acceptors (Lipinski definition) is 2. The second-order valence-electron chi connectivity index (χ2n) is 2.67. The van der Waals surface area contributed by atoms with Gasteiger partial charge in [-0.2, -0.15) is 0 Å². The van der Waals surface area contributed by atoms with Gasteiger partial charge >= 0.3 is 0 Å². The van der Waals surface area contributed by atoms with E-state index in [4.69, 9.17) is 21.1 Å². The lowest BCUT2D eigenvalue weighted by Gasteiger charge is -2.02. The number of unbranched alkanes of at least 4 members (excludes halogenated alkanes) is 1. The van der Waals surface area contributed by atoms with Crippen LogP contribution in [0, 0.1) is 0 Å². The average molecular weight is 207 g/mol. The Hall–Kier alpha value is -0.0500. The van der Waals surface area contributed by atoms with Gasteiger partial charge in [-0.1, -0.05) is 25.5 Å². The predicted molar refractivity (Wildman–Crippen MR) is 56.4 cm³/mol. The molecule has 0 saturated heterocycles. The van der Waals surface area contributed by atoms with Crippen LogP contribution in [0.15, 0.2) is 12.2 Å². The second kappa shape index (κ2) is 11.9. The molecule has 0 aromatic rings. The Morgan fingerprint density at radius 2 is 1.85 bits per heavy atom. The Morgan fingerprint density at radius 1 is 1.08 bits per heavy atom. The summed E-state index contributed by atoms with van der Waals surface area (Å²) < 4.78 is 10.6. The first-order valence-corrected chi connectivity index (χ1v) is 5.31. The van der Waals surface area contributed by atoms with Crippen molar-refractivity contribution in [1.82, 2.24) is 0 Å². The summed E-state index contributed by atoms with van der Waals surface area (Å²) in [5.41, 5.74) is 0. The fourth-order valence-corrected chi connectivity index (χ4v) is 0.875. The zero-order valence-corrected chi connectivity index (χ0v) is 9.05. The summed E-state index contributed by atoms with van der Waals surface area (Å²) in [6.07, 6.45) is 6.10. The van der Waals surface area contributed by atoms with Gasteiger partial charge in [0.15, 0.2) is 0 Å². The highest BCUT2D eigenvalue weighted by Gasteiger charge is 1.87. The highest BCUT2D eigenvalue weighted by molar-refractivity contribution is 6.18. The third-order valence-corrected chi connectivity index (χ3v) is 1.66. The molecule has 0 heterocycles. The van der Waals surface area contributed by atoms with E-state index in [1.807, 2.05) is 12.2 Å². The molecule has 0 saturated carbocycles. The van der Waals surface area contributed by atoms with Crippen LogP contribution < -0.4 is 0 Å². The van der Waals surface area contributed by atoms with Crippen LogP contribution in [0.25, 0.3) is 0 Å². The van der Waals surface area contributed by atoms with Gasteiger partial charge in [0.1, 0.15) is 0 Å². The molecule has 0 atom stereocenters. The van der Waals surface area contributed by atoms with E-state index in [9.17, 15) is 0 Å². The van der Waals surface area contributed by atoms with Crippen molar-refractivity contribution in [3.8, 4) is 0 Å². The molecular formula is C10H19ClO2. The molecule has 0 amide bonds. The summed E-state index contributed by atoms with van der Waals surface area (Å²) in [5, 5.41) is 0. The van der Waals surface area contributed by atoms with Crippen LogP contribution in [-0.4, -0.2) is 32.3 Å². The quantitative estimate of drug-likeness (QED) is 0.328. The monoisotopic (exact) mass is 206 g/mol. The van der Waals surface area contributed by atoms with Gasteiger partial charge in [0.05, 0.1) is 19.8 Å². The zero-order chi connectivity index (χ0) is 9.78. The second-order valence-corrected chi connectivity index (χ2v) is 2.98. The van der Waals surface area contributed by atoms with Crippen molar-refractivity contribution in [2.45, 2.75) is 19.8 Å². The first-order valence-electron chi connectivity index (χ1n) is 4.78. The molecule has 78 valence electrons. The van der Waals surface area contributed by atoms with Crippen molar-refractivity contribution in [2.75, 3.05) is 32.3 Å². The van der Waals surface area contributed by atoms with Gasteiger partial charge in [0, 0.05) is 12.5 Å². The van der Waals surface area contributed by atoms with E-state index in [1.54, 1.807) is 0 Å². The molecule has 0 fully saturated rings. The summed E-state index contributed by atoms with van der Waals surface area (Å²) in [6.45, 7) is 4.98. The van der Waals surface area contributed by atoms with Crippen LogP contribution in [-0.2, 0) is 9.47 Å². The van der Waals surface area contributed by atoms with E-state index in [1.165, 1.54) is 6.42 Å². The summed E-state index contributed by atoms with van der Waals surface area (Å²) >= 11 is 5.43. The van der Waals surface area contributed by atoms with Gasteiger partial charge in [-0.05, 0) is 6.42 Å². The molecule has 0 aliphatic rings. The molecule has 3 heteroatoms. The number of alkyl halides is 1.